The Kier molecular flexibility index (Phi) is 33.9. The van der Waals surface area contributed by atoms with Gasteiger partial charge in [-0.1, -0.05) is 164 Å². The van der Waals surface area contributed by atoms with Crippen LogP contribution in [-0.4, -0.2) is 98.3 Å². The van der Waals surface area contributed by atoms with Crippen molar-refractivity contribution in [3.05, 3.63) is 72.9 Å². The van der Waals surface area contributed by atoms with Crippen LogP contribution in [0.5, 0.6) is 0 Å². The Morgan fingerprint density at radius 1 is 0.525 bits per heavy atom. The summed E-state index contributed by atoms with van der Waals surface area (Å²) in [7, 11) is -5.13. The van der Waals surface area contributed by atoms with Crippen molar-refractivity contribution in [1.82, 2.24) is 0 Å². The standard InChI is InChI=1S/C47H79O13P/c1-3-5-7-9-11-13-15-17-18-19-20-21-22-24-25-27-29-31-33-35-40(48)57-37-39(38-58-61(55,56)60-47-45(53)43(51)42(50)44(52)46(47)54)59-41(49)36-34-32-30-28-26-23-16-14-12-10-8-6-4-2/h5,7,11,13,17-18,20-21,24-25,29,31,39,42-47,50-54H,3-4,6,8-10,12,14-16,19,22-23,26-28,30,32-38H2,1-2H3,(H,55,56)/b7-5+,13-11+,18-17+,21-20+,25-24+,31-29+/t39-,42?,43-,44?,45?,46?,47?/m0/s1. The Balaban J connectivity index is 2.52. The number of carbonyl (C=O) groups is 2. The van der Waals surface area contributed by atoms with Crippen LogP contribution in [0.3, 0.4) is 0 Å². The number of esters is 2. The molecule has 0 aromatic carbocycles. The smallest absolute Gasteiger partial charge is 0.462 e. The number of carbonyl (C=O) groups excluding carboxylic acids is 2. The predicted octanol–water partition coefficient (Wildman–Crippen LogP) is 8.72. The van der Waals surface area contributed by atoms with Crippen molar-refractivity contribution in [1.29, 1.82) is 0 Å². The topological polar surface area (TPSA) is 210 Å². The summed E-state index contributed by atoms with van der Waals surface area (Å²) in [5, 5.41) is 50.1. The van der Waals surface area contributed by atoms with Crippen molar-refractivity contribution in [2.24, 2.45) is 0 Å². The number of aliphatic hydroxyl groups is 5. The van der Waals surface area contributed by atoms with Gasteiger partial charge in [0, 0.05) is 12.8 Å². The van der Waals surface area contributed by atoms with Crippen LogP contribution in [-0.2, 0) is 32.7 Å². The molecule has 0 bridgehead atoms. The zero-order valence-corrected chi connectivity index (χ0v) is 37.8. The molecule has 0 aromatic heterocycles. The zero-order chi connectivity index (χ0) is 45.0. The van der Waals surface area contributed by atoms with Gasteiger partial charge in [-0.25, -0.2) is 4.57 Å². The van der Waals surface area contributed by atoms with Crippen LogP contribution in [0.2, 0.25) is 0 Å². The quantitative estimate of drug-likeness (QED) is 0.0151. The SMILES string of the molecule is CC/C=C/C/C=C/C/C=C/C/C=C/C/C=C/C/C=C/CCC(=O)OC[C@@H](COP(=O)(O)OC1C(O)C(O)C(O)[C@H](O)C1O)OC(=O)CCCCCCCCCCCCCCC. The third kappa shape index (κ3) is 29.3. The minimum absolute atomic E-state index is 0.0399. The van der Waals surface area contributed by atoms with E-state index in [2.05, 4.69) is 68.5 Å². The third-order valence-corrected chi connectivity index (χ3v) is 11.1. The number of phosphoric ester groups is 1. The largest absolute Gasteiger partial charge is 0.472 e. The minimum Gasteiger partial charge on any atom is -0.462 e. The fourth-order valence-corrected chi connectivity index (χ4v) is 7.40. The molecule has 0 amide bonds. The van der Waals surface area contributed by atoms with E-state index in [4.69, 9.17) is 18.5 Å². The summed E-state index contributed by atoms with van der Waals surface area (Å²) in [4.78, 5) is 35.6. The molecule has 0 radical (unpaired) electrons. The Bertz CT molecular complexity index is 1340. The molecule has 0 saturated heterocycles. The highest BCUT2D eigenvalue weighted by molar-refractivity contribution is 7.47. The molecular weight excluding hydrogens is 803 g/mol. The van der Waals surface area contributed by atoms with Gasteiger partial charge in [-0.15, -0.1) is 0 Å². The average molecular weight is 883 g/mol. The second kappa shape index (κ2) is 36.7. The lowest BCUT2D eigenvalue weighted by Gasteiger charge is -2.41. The fourth-order valence-electron chi connectivity index (χ4n) is 6.43. The van der Waals surface area contributed by atoms with Gasteiger partial charge in [0.25, 0.3) is 0 Å². The van der Waals surface area contributed by atoms with E-state index in [9.17, 15) is 44.6 Å². The summed E-state index contributed by atoms with van der Waals surface area (Å²) in [6, 6.07) is 0. The third-order valence-electron chi connectivity index (χ3n) is 10.1. The Morgan fingerprint density at radius 2 is 0.934 bits per heavy atom. The molecule has 350 valence electrons. The lowest BCUT2D eigenvalue weighted by Crippen LogP contribution is -2.64. The van der Waals surface area contributed by atoms with Crippen LogP contribution < -0.4 is 0 Å². The molecule has 1 aliphatic rings. The summed E-state index contributed by atoms with van der Waals surface area (Å²) < 4.78 is 33.4. The van der Waals surface area contributed by atoms with Crippen molar-refractivity contribution in [3.63, 3.8) is 0 Å². The molecule has 8 atom stereocenters. The molecule has 6 N–H and O–H groups in total. The number of allylic oxidation sites excluding steroid dienone is 12. The molecule has 0 spiro atoms. The fraction of sp³-hybridized carbons (Fsp3) is 0.702. The van der Waals surface area contributed by atoms with E-state index in [0.717, 1.165) is 57.8 Å². The Hall–Kier alpha value is -2.71. The van der Waals surface area contributed by atoms with Crippen molar-refractivity contribution < 1.29 is 63.1 Å². The highest BCUT2D eigenvalue weighted by Crippen LogP contribution is 2.47. The maximum atomic E-state index is 12.8. The molecule has 0 aromatic rings. The van der Waals surface area contributed by atoms with Gasteiger partial charge in [0.1, 0.15) is 43.2 Å². The summed E-state index contributed by atoms with van der Waals surface area (Å²) in [5.41, 5.74) is 0. The molecular formula is C47H79O13P. The summed E-state index contributed by atoms with van der Waals surface area (Å²) >= 11 is 0. The first-order valence-corrected chi connectivity index (χ1v) is 24.2. The highest BCUT2D eigenvalue weighted by Gasteiger charge is 2.51. The molecule has 1 aliphatic carbocycles. The predicted molar refractivity (Wildman–Crippen MR) is 239 cm³/mol. The van der Waals surface area contributed by atoms with Gasteiger partial charge in [-0.2, -0.15) is 0 Å². The Labute approximate surface area is 365 Å². The van der Waals surface area contributed by atoms with E-state index in [1.165, 1.54) is 51.4 Å². The van der Waals surface area contributed by atoms with Crippen LogP contribution in [0.15, 0.2) is 72.9 Å². The molecule has 1 saturated carbocycles. The monoisotopic (exact) mass is 883 g/mol. The van der Waals surface area contributed by atoms with Crippen LogP contribution >= 0.6 is 7.82 Å². The molecule has 0 aliphatic heterocycles. The molecule has 6 unspecified atom stereocenters. The van der Waals surface area contributed by atoms with Gasteiger partial charge >= 0.3 is 19.8 Å². The van der Waals surface area contributed by atoms with E-state index < -0.39 is 75.7 Å². The van der Waals surface area contributed by atoms with E-state index in [1.54, 1.807) is 0 Å². The van der Waals surface area contributed by atoms with Gasteiger partial charge in [0.05, 0.1) is 6.61 Å². The van der Waals surface area contributed by atoms with Crippen molar-refractivity contribution in [2.75, 3.05) is 13.2 Å². The van der Waals surface area contributed by atoms with Crippen molar-refractivity contribution in [3.8, 4) is 0 Å². The average Bonchev–Trinajstić information content (AvgIpc) is 3.24. The van der Waals surface area contributed by atoms with Crippen LogP contribution in [0.1, 0.15) is 155 Å². The number of aliphatic hydroxyl groups excluding tert-OH is 5. The van der Waals surface area contributed by atoms with E-state index in [1.807, 2.05) is 18.2 Å². The molecule has 61 heavy (non-hydrogen) atoms. The molecule has 1 rings (SSSR count). The second-order valence-electron chi connectivity index (χ2n) is 15.5. The maximum absolute atomic E-state index is 12.8. The number of phosphoric acid groups is 1. The number of rotatable bonds is 36. The van der Waals surface area contributed by atoms with Crippen LogP contribution in [0.4, 0.5) is 0 Å². The normalized spacial score (nSPS) is 22.7. The highest BCUT2D eigenvalue weighted by atomic mass is 31.2. The van der Waals surface area contributed by atoms with Crippen molar-refractivity contribution >= 4 is 19.8 Å². The van der Waals surface area contributed by atoms with E-state index >= 15 is 0 Å². The van der Waals surface area contributed by atoms with Crippen molar-refractivity contribution in [2.45, 2.75) is 198 Å². The molecule has 1 fully saturated rings. The summed E-state index contributed by atoms with van der Waals surface area (Å²) in [6.07, 6.45) is 32.6. The zero-order valence-electron chi connectivity index (χ0n) is 36.9. The van der Waals surface area contributed by atoms with Gasteiger partial charge in [0.15, 0.2) is 6.10 Å². The van der Waals surface area contributed by atoms with Crippen LogP contribution in [0, 0.1) is 0 Å². The molecule has 0 heterocycles. The molecule has 13 nitrogen and oxygen atoms in total. The summed E-state index contributed by atoms with van der Waals surface area (Å²) in [6.45, 7) is 3.10. The lowest BCUT2D eigenvalue weighted by molar-refractivity contribution is -0.220. The first kappa shape index (κ1) is 56.3. The second-order valence-corrected chi connectivity index (χ2v) is 16.9. The first-order chi connectivity index (χ1) is 29.4. The lowest BCUT2D eigenvalue weighted by atomic mass is 9.85. The van der Waals surface area contributed by atoms with Gasteiger partial charge in [0.2, 0.25) is 0 Å². The van der Waals surface area contributed by atoms with Gasteiger partial charge in [-0.05, 0) is 51.4 Å². The number of ether oxygens (including phenoxy) is 2. The number of hydrogen-bond donors (Lipinski definition) is 6. The van der Waals surface area contributed by atoms with E-state index in [-0.39, 0.29) is 12.8 Å². The van der Waals surface area contributed by atoms with Gasteiger partial charge < -0.3 is 39.9 Å². The minimum atomic E-state index is -5.13. The number of unbranched alkanes of at least 4 members (excludes halogenated alkanes) is 12. The first-order valence-electron chi connectivity index (χ1n) is 22.7. The van der Waals surface area contributed by atoms with E-state index in [0.29, 0.717) is 19.3 Å². The maximum Gasteiger partial charge on any atom is 0.472 e. The number of hydrogen-bond acceptors (Lipinski definition) is 12. The van der Waals surface area contributed by atoms with Gasteiger partial charge in [-0.3, -0.25) is 18.6 Å². The Morgan fingerprint density at radius 3 is 1.39 bits per heavy atom. The molecule has 14 heteroatoms. The summed E-state index contributed by atoms with van der Waals surface area (Å²) in [5.74, 6) is -1.20. The van der Waals surface area contributed by atoms with Crippen LogP contribution in [0.25, 0.3) is 0 Å².